The number of hydrogen-bond donors (Lipinski definition) is 0. The van der Waals surface area contributed by atoms with E-state index < -0.39 is 0 Å². The molecule has 2 aromatic carbocycles. The average Bonchev–Trinajstić information content (AvgIpc) is 2.52. The third-order valence-electron chi connectivity index (χ3n) is 3.05. The summed E-state index contributed by atoms with van der Waals surface area (Å²) in [5, 5.41) is 0. The molecule has 2 rings (SSSR count). The first-order chi connectivity index (χ1) is 9.95. The first-order valence-electron chi connectivity index (χ1n) is 7.18. The van der Waals surface area contributed by atoms with Crippen LogP contribution in [0.15, 0.2) is 60.7 Å². The van der Waals surface area contributed by atoms with E-state index in [0.29, 0.717) is 13.2 Å². The van der Waals surface area contributed by atoms with Gasteiger partial charge in [0.05, 0.1) is 13.2 Å². The summed E-state index contributed by atoms with van der Waals surface area (Å²) in [6.45, 7) is 2.99. The van der Waals surface area contributed by atoms with Crippen LogP contribution >= 0.6 is 0 Å². The zero-order valence-electron chi connectivity index (χ0n) is 11.8. The monoisotopic (exact) mass is 270 g/mol. The van der Waals surface area contributed by atoms with Gasteiger partial charge in [-0.05, 0) is 24.0 Å². The molecule has 0 bridgehead atoms. The van der Waals surface area contributed by atoms with Crippen LogP contribution in [0.1, 0.15) is 24.0 Å². The molecule has 0 aliphatic carbocycles. The molecule has 0 spiro atoms. The summed E-state index contributed by atoms with van der Waals surface area (Å²) in [4.78, 5) is 0. The van der Waals surface area contributed by atoms with E-state index in [1.54, 1.807) is 0 Å². The van der Waals surface area contributed by atoms with Crippen molar-refractivity contribution in [3.63, 3.8) is 0 Å². The van der Waals surface area contributed by atoms with E-state index in [4.69, 9.17) is 9.47 Å². The SMILES string of the molecule is c1ccc(COCCCCOCc2ccccc2)cc1. The minimum absolute atomic E-state index is 0.700. The number of ether oxygens (including phenoxy) is 2. The lowest BCUT2D eigenvalue weighted by Crippen LogP contribution is -1.99. The van der Waals surface area contributed by atoms with E-state index in [0.717, 1.165) is 26.1 Å². The fourth-order valence-electron chi connectivity index (χ4n) is 1.94. The van der Waals surface area contributed by atoms with Crippen LogP contribution in [-0.4, -0.2) is 13.2 Å². The first kappa shape index (κ1) is 14.8. The average molecular weight is 270 g/mol. The van der Waals surface area contributed by atoms with Crippen molar-refractivity contribution in [1.29, 1.82) is 0 Å². The maximum atomic E-state index is 5.63. The molecule has 0 radical (unpaired) electrons. The van der Waals surface area contributed by atoms with Gasteiger partial charge < -0.3 is 9.47 Å². The molecule has 0 atom stereocenters. The van der Waals surface area contributed by atoms with E-state index in [1.807, 2.05) is 36.4 Å². The van der Waals surface area contributed by atoms with Gasteiger partial charge in [0.2, 0.25) is 0 Å². The van der Waals surface area contributed by atoms with Crippen molar-refractivity contribution >= 4 is 0 Å². The van der Waals surface area contributed by atoms with Gasteiger partial charge in [-0.15, -0.1) is 0 Å². The van der Waals surface area contributed by atoms with Crippen molar-refractivity contribution in [2.24, 2.45) is 0 Å². The Balaban J connectivity index is 1.44. The van der Waals surface area contributed by atoms with Crippen molar-refractivity contribution < 1.29 is 9.47 Å². The molecule has 0 amide bonds. The molecule has 0 aliphatic heterocycles. The van der Waals surface area contributed by atoms with E-state index in [-0.39, 0.29) is 0 Å². The topological polar surface area (TPSA) is 18.5 Å². The molecule has 0 aliphatic rings. The van der Waals surface area contributed by atoms with Gasteiger partial charge in [0, 0.05) is 13.2 Å². The zero-order valence-corrected chi connectivity index (χ0v) is 11.8. The molecule has 0 unspecified atom stereocenters. The smallest absolute Gasteiger partial charge is 0.0716 e. The van der Waals surface area contributed by atoms with Gasteiger partial charge in [-0.2, -0.15) is 0 Å². The van der Waals surface area contributed by atoms with Crippen LogP contribution in [0.3, 0.4) is 0 Å². The number of unbranched alkanes of at least 4 members (excludes halogenated alkanes) is 1. The predicted octanol–water partition coefficient (Wildman–Crippen LogP) is 4.20. The van der Waals surface area contributed by atoms with Crippen LogP contribution in [0.2, 0.25) is 0 Å². The Bertz CT molecular complexity index is 408. The van der Waals surface area contributed by atoms with Crippen LogP contribution in [0.5, 0.6) is 0 Å². The normalized spacial score (nSPS) is 10.6. The van der Waals surface area contributed by atoms with Crippen molar-refractivity contribution in [2.45, 2.75) is 26.1 Å². The van der Waals surface area contributed by atoms with E-state index in [2.05, 4.69) is 24.3 Å². The summed E-state index contributed by atoms with van der Waals surface area (Å²) >= 11 is 0. The number of benzene rings is 2. The van der Waals surface area contributed by atoms with Gasteiger partial charge in [-0.25, -0.2) is 0 Å². The third kappa shape index (κ3) is 6.00. The first-order valence-corrected chi connectivity index (χ1v) is 7.18. The Morgan fingerprint density at radius 1 is 0.550 bits per heavy atom. The summed E-state index contributed by atoms with van der Waals surface area (Å²) in [5.41, 5.74) is 2.46. The minimum atomic E-state index is 0.700. The van der Waals surface area contributed by atoms with Crippen molar-refractivity contribution in [1.82, 2.24) is 0 Å². The molecule has 20 heavy (non-hydrogen) atoms. The molecular formula is C18H22O2. The lowest BCUT2D eigenvalue weighted by Gasteiger charge is -2.06. The Kier molecular flexibility index (Phi) is 6.86. The molecule has 0 N–H and O–H groups in total. The highest BCUT2D eigenvalue weighted by Gasteiger charge is 1.94. The Morgan fingerprint density at radius 2 is 0.950 bits per heavy atom. The van der Waals surface area contributed by atoms with Gasteiger partial charge >= 0.3 is 0 Å². The van der Waals surface area contributed by atoms with Gasteiger partial charge in [0.1, 0.15) is 0 Å². The van der Waals surface area contributed by atoms with E-state index in [9.17, 15) is 0 Å². The summed E-state index contributed by atoms with van der Waals surface area (Å²) in [6.07, 6.45) is 2.09. The minimum Gasteiger partial charge on any atom is -0.377 e. The summed E-state index contributed by atoms with van der Waals surface area (Å²) in [7, 11) is 0. The highest BCUT2D eigenvalue weighted by molar-refractivity contribution is 5.14. The molecule has 106 valence electrons. The number of hydrogen-bond acceptors (Lipinski definition) is 2. The Hall–Kier alpha value is -1.64. The molecule has 2 heteroatoms. The second-order valence-electron chi connectivity index (χ2n) is 4.78. The summed E-state index contributed by atoms with van der Waals surface area (Å²) in [6, 6.07) is 20.5. The second-order valence-corrected chi connectivity index (χ2v) is 4.78. The second kappa shape index (κ2) is 9.29. The molecule has 0 heterocycles. The standard InChI is InChI=1S/C18H22O2/c1-3-9-17(10-4-1)15-19-13-7-8-14-20-16-18-11-5-2-6-12-18/h1-6,9-12H,7-8,13-16H2. The maximum absolute atomic E-state index is 5.63. The maximum Gasteiger partial charge on any atom is 0.0716 e. The highest BCUT2D eigenvalue weighted by Crippen LogP contribution is 2.03. The van der Waals surface area contributed by atoms with Crippen LogP contribution < -0.4 is 0 Å². The molecular weight excluding hydrogens is 248 g/mol. The van der Waals surface area contributed by atoms with E-state index >= 15 is 0 Å². The highest BCUT2D eigenvalue weighted by atomic mass is 16.5. The summed E-state index contributed by atoms with van der Waals surface area (Å²) in [5.74, 6) is 0. The van der Waals surface area contributed by atoms with Gasteiger partial charge in [0.25, 0.3) is 0 Å². The van der Waals surface area contributed by atoms with Crippen LogP contribution in [0, 0.1) is 0 Å². The largest absolute Gasteiger partial charge is 0.377 e. The fourth-order valence-corrected chi connectivity index (χ4v) is 1.94. The summed E-state index contributed by atoms with van der Waals surface area (Å²) < 4.78 is 11.3. The molecule has 2 aromatic rings. The molecule has 0 saturated heterocycles. The Labute approximate surface area is 121 Å². The third-order valence-corrected chi connectivity index (χ3v) is 3.05. The van der Waals surface area contributed by atoms with Gasteiger partial charge in [-0.1, -0.05) is 60.7 Å². The van der Waals surface area contributed by atoms with Crippen LogP contribution in [-0.2, 0) is 22.7 Å². The van der Waals surface area contributed by atoms with Gasteiger partial charge in [0.15, 0.2) is 0 Å². The van der Waals surface area contributed by atoms with Gasteiger partial charge in [-0.3, -0.25) is 0 Å². The quantitative estimate of drug-likeness (QED) is 0.636. The van der Waals surface area contributed by atoms with Crippen molar-refractivity contribution in [3.05, 3.63) is 71.8 Å². The molecule has 2 nitrogen and oxygen atoms in total. The fraction of sp³-hybridized carbons (Fsp3) is 0.333. The van der Waals surface area contributed by atoms with Crippen LogP contribution in [0.4, 0.5) is 0 Å². The lowest BCUT2D eigenvalue weighted by atomic mass is 10.2. The number of rotatable bonds is 9. The zero-order chi connectivity index (χ0) is 13.9. The molecule has 0 saturated carbocycles. The van der Waals surface area contributed by atoms with Crippen LogP contribution in [0.25, 0.3) is 0 Å². The van der Waals surface area contributed by atoms with Crippen molar-refractivity contribution in [2.75, 3.05) is 13.2 Å². The van der Waals surface area contributed by atoms with E-state index in [1.165, 1.54) is 11.1 Å². The Morgan fingerprint density at radius 3 is 1.35 bits per heavy atom. The van der Waals surface area contributed by atoms with Crippen molar-refractivity contribution in [3.8, 4) is 0 Å². The lowest BCUT2D eigenvalue weighted by molar-refractivity contribution is 0.0898. The molecule has 0 aromatic heterocycles. The predicted molar refractivity (Wildman–Crippen MR) is 81.4 cm³/mol. The molecule has 0 fully saturated rings.